The van der Waals surface area contributed by atoms with Gasteiger partial charge in [0.25, 0.3) is 0 Å². The Bertz CT molecular complexity index is 675. The summed E-state index contributed by atoms with van der Waals surface area (Å²) in [6.45, 7) is 5.42. The van der Waals surface area contributed by atoms with E-state index in [9.17, 15) is 0 Å². The standard InChI is InChI=1S/C18H24N4O2/c1-23-17-9-16(19-14-20-17)22-6-2-4-18(13-22)5-7-21(12-18)10-15-3-8-24-11-15/h3,8-9,11,14H,2,4-7,10,12-13H2,1H3/t18-/m1/s1. The molecule has 0 radical (unpaired) electrons. The first-order valence-electron chi connectivity index (χ1n) is 8.61. The van der Waals surface area contributed by atoms with Gasteiger partial charge in [-0.25, -0.2) is 9.97 Å². The lowest BCUT2D eigenvalue weighted by molar-refractivity contribution is 0.215. The summed E-state index contributed by atoms with van der Waals surface area (Å²) in [6.07, 6.45) is 8.97. The van der Waals surface area contributed by atoms with Gasteiger partial charge in [0.05, 0.1) is 19.6 Å². The van der Waals surface area contributed by atoms with E-state index in [0.717, 1.165) is 38.5 Å². The SMILES string of the molecule is COc1cc(N2CCC[C@]3(CCN(Cc4ccoc4)C3)C2)ncn1. The zero-order chi connectivity index (χ0) is 16.4. The smallest absolute Gasteiger partial charge is 0.218 e. The molecule has 2 aliphatic heterocycles. The van der Waals surface area contributed by atoms with E-state index in [-0.39, 0.29) is 0 Å². The van der Waals surface area contributed by atoms with Crippen molar-refractivity contribution in [2.45, 2.75) is 25.8 Å². The number of anilines is 1. The summed E-state index contributed by atoms with van der Waals surface area (Å²) in [4.78, 5) is 13.5. The number of rotatable bonds is 4. The molecule has 2 saturated heterocycles. The zero-order valence-corrected chi connectivity index (χ0v) is 14.1. The molecule has 0 aromatic carbocycles. The first kappa shape index (κ1) is 15.4. The molecule has 0 N–H and O–H groups in total. The van der Waals surface area contributed by atoms with Crippen molar-refractivity contribution in [2.24, 2.45) is 5.41 Å². The highest BCUT2D eigenvalue weighted by atomic mass is 16.5. The number of methoxy groups -OCH3 is 1. The Morgan fingerprint density at radius 1 is 1.25 bits per heavy atom. The van der Waals surface area contributed by atoms with Gasteiger partial charge in [-0.3, -0.25) is 4.90 Å². The molecule has 0 amide bonds. The Labute approximate surface area is 142 Å². The highest BCUT2D eigenvalue weighted by Gasteiger charge is 2.41. The largest absolute Gasteiger partial charge is 0.481 e. The molecule has 4 rings (SSSR count). The minimum Gasteiger partial charge on any atom is -0.481 e. The van der Waals surface area contributed by atoms with Gasteiger partial charge in [0.1, 0.15) is 12.1 Å². The number of piperidine rings is 1. The van der Waals surface area contributed by atoms with Crippen LogP contribution in [0.2, 0.25) is 0 Å². The third kappa shape index (κ3) is 3.11. The van der Waals surface area contributed by atoms with E-state index >= 15 is 0 Å². The number of aromatic nitrogens is 2. The van der Waals surface area contributed by atoms with Crippen LogP contribution in [0, 0.1) is 5.41 Å². The van der Waals surface area contributed by atoms with Crippen LogP contribution in [0.5, 0.6) is 5.88 Å². The topological polar surface area (TPSA) is 54.6 Å². The Kier molecular flexibility index (Phi) is 4.14. The first-order chi connectivity index (χ1) is 11.8. The molecule has 0 bridgehead atoms. The van der Waals surface area contributed by atoms with E-state index in [2.05, 4.69) is 25.8 Å². The van der Waals surface area contributed by atoms with E-state index in [0.29, 0.717) is 11.3 Å². The van der Waals surface area contributed by atoms with Crippen molar-refractivity contribution in [3.05, 3.63) is 36.5 Å². The highest BCUT2D eigenvalue weighted by Crippen LogP contribution is 2.40. The van der Waals surface area contributed by atoms with Crippen LogP contribution in [0.1, 0.15) is 24.8 Å². The van der Waals surface area contributed by atoms with Crippen molar-refractivity contribution in [3.63, 3.8) is 0 Å². The predicted molar refractivity (Wildman–Crippen MR) is 91.1 cm³/mol. The number of furan rings is 1. The van der Waals surface area contributed by atoms with Crippen LogP contribution >= 0.6 is 0 Å². The van der Waals surface area contributed by atoms with Gasteiger partial charge in [-0.05, 0) is 31.9 Å². The summed E-state index contributed by atoms with van der Waals surface area (Å²) in [5.74, 6) is 1.61. The third-order valence-electron chi connectivity index (χ3n) is 5.33. The molecule has 128 valence electrons. The Hall–Kier alpha value is -2.08. The zero-order valence-electron chi connectivity index (χ0n) is 14.1. The number of hydrogen-bond donors (Lipinski definition) is 0. The van der Waals surface area contributed by atoms with Crippen LogP contribution in [0.4, 0.5) is 5.82 Å². The molecule has 2 aliphatic rings. The summed E-state index contributed by atoms with van der Waals surface area (Å²) in [6, 6.07) is 4.00. The van der Waals surface area contributed by atoms with Crippen LogP contribution in [0.25, 0.3) is 0 Å². The minimum absolute atomic E-state index is 0.375. The normalized spacial score (nSPS) is 24.6. The summed E-state index contributed by atoms with van der Waals surface area (Å²) >= 11 is 0. The Morgan fingerprint density at radius 2 is 2.21 bits per heavy atom. The van der Waals surface area contributed by atoms with Crippen molar-refractivity contribution < 1.29 is 9.15 Å². The lowest BCUT2D eigenvalue weighted by Gasteiger charge is -2.41. The fourth-order valence-corrected chi connectivity index (χ4v) is 4.15. The maximum absolute atomic E-state index is 5.24. The van der Waals surface area contributed by atoms with E-state index in [1.54, 1.807) is 19.7 Å². The highest BCUT2D eigenvalue weighted by molar-refractivity contribution is 5.41. The average molecular weight is 328 g/mol. The predicted octanol–water partition coefficient (Wildman–Crippen LogP) is 2.57. The average Bonchev–Trinajstić information content (AvgIpc) is 3.26. The molecule has 0 aliphatic carbocycles. The molecule has 24 heavy (non-hydrogen) atoms. The van der Waals surface area contributed by atoms with Gasteiger partial charge in [0, 0.05) is 43.2 Å². The molecular weight excluding hydrogens is 304 g/mol. The van der Waals surface area contributed by atoms with E-state index in [4.69, 9.17) is 9.15 Å². The van der Waals surface area contributed by atoms with Crippen LogP contribution in [0.15, 0.2) is 35.4 Å². The maximum atomic E-state index is 5.24. The molecule has 1 spiro atoms. The number of ether oxygens (including phenoxy) is 1. The molecular formula is C18H24N4O2. The van der Waals surface area contributed by atoms with Crippen molar-refractivity contribution in [3.8, 4) is 5.88 Å². The van der Waals surface area contributed by atoms with Gasteiger partial charge in [0.2, 0.25) is 5.88 Å². The van der Waals surface area contributed by atoms with Crippen LogP contribution < -0.4 is 9.64 Å². The maximum Gasteiger partial charge on any atom is 0.218 e. The quantitative estimate of drug-likeness (QED) is 0.860. The molecule has 0 saturated carbocycles. The van der Waals surface area contributed by atoms with Gasteiger partial charge in [-0.1, -0.05) is 0 Å². The first-order valence-corrected chi connectivity index (χ1v) is 8.61. The molecule has 1 atom stereocenters. The van der Waals surface area contributed by atoms with Gasteiger partial charge in [0.15, 0.2) is 0 Å². The second kappa shape index (κ2) is 6.43. The summed E-state index contributed by atoms with van der Waals surface area (Å²) in [5, 5.41) is 0. The molecule has 0 unspecified atom stereocenters. The number of likely N-dealkylation sites (tertiary alicyclic amines) is 1. The summed E-state index contributed by atoms with van der Waals surface area (Å²) < 4.78 is 10.4. The van der Waals surface area contributed by atoms with Crippen LogP contribution in [-0.2, 0) is 6.54 Å². The number of hydrogen-bond acceptors (Lipinski definition) is 6. The third-order valence-corrected chi connectivity index (χ3v) is 5.33. The second-order valence-corrected chi connectivity index (χ2v) is 7.04. The lowest BCUT2D eigenvalue weighted by Crippen LogP contribution is -2.45. The van der Waals surface area contributed by atoms with E-state index in [1.165, 1.54) is 24.8 Å². The van der Waals surface area contributed by atoms with Crippen molar-refractivity contribution in [1.82, 2.24) is 14.9 Å². The second-order valence-electron chi connectivity index (χ2n) is 7.04. The van der Waals surface area contributed by atoms with Crippen LogP contribution in [-0.4, -0.2) is 48.2 Å². The number of nitrogens with zero attached hydrogens (tertiary/aromatic N) is 4. The fraction of sp³-hybridized carbons (Fsp3) is 0.556. The molecule has 2 aromatic rings. The van der Waals surface area contributed by atoms with Gasteiger partial charge < -0.3 is 14.1 Å². The van der Waals surface area contributed by atoms with Crippen molar-refractivity contribution in [2.75, 3.05) is 38.2 Å². The van der Waals surface area contributed by atoms with E-state index < -0.39 is 0 Å². The Balaban J connectivity index is 1.44. The molecule has 6 nitrogen and oxygen atoms in total. The summed E-state index contributed by atoms with van der Waals surface area (Å²) in [5.41, 5.74) is 1.64. The molecule has 2 aromatic heterocycles. The van der Waals surface area contributed by atoms with Crippen molar-refractivity contribution >= 4 is 5.82 Å². The van der Waals surface area contributed by atoms with Crippen LogP contribution in [0.3, 0.4) is 0 Å². The van der Waals surface area contributed by atoms with Gasteiger partial charge in [-0.15, -0.1) is 0 Å². The lowest BCUT2D eigenvalue weighted by atomic mass is 9.79. The van der Waals surface area contributed by atoms with Gasteiger partial charge in [-0.2, -0.15) is 0 Å². The Morgan fingerprint density at radius 3 is 3.04 bits per heavy atom. The molecule has 2 fully saturated rings. The van der Waals surface area contributed by atoms with Gasteiger partial charge >= 0.3 is 0 Å². The molecule has 4 heterocycles. The van der Waals surface area contributed by atoms with E-state index in [1.807, 2.05) is 12.3 Å². The minimum atomic E-state index is 0.375. The summed E-state index contributed by atoms with van der Waals surface area (Å²) in [7, 11) is 1.65. The monoisotopic (exact) mass is 328 g/mol. The fourth-order valence-electron chi connectivity index (χ4n) is 4.15. The molecule has 6 heteroatoms. The van der Waals surface area contributed by atoms with Crippen molar-refractivity contribution in [1.29, 1.82) is 0 Å².